The van der Waals surface area contributed by atoms with Gasteiger partial charge in [0, 0.05) is 18.0 Å². The number of rotatable bonds is 3. The molecule has 1 aromatic carbocycles. The summed E-state index contributed by atoms with van der Waals surface area (Å²) in [6.45, 7) is 7.61. The van der Waals surface area contributed by atoms with Crippen LogP contribution in [0.2, 0.25) is 0 Å². The van der Waals surface area contributed by atoms with Crippen LogP contribution in [0, 0.1) is 0 Å². The molecule has 23 heavy (non-hydrogen) atoms. The molecule has 2 aliphatic rings. The van der Waals surface area contributed by atoms with Crippen LogP contribution in [0.15, 0.2) is 50.7 Å². The second-order valence-electron chi connectivity index (χ2n) is 5.23. The smallest absolute Gasteiger partial charge is 0.266 e. The first-order valence-corrected chi connectivity index (χ1v) is 9.61. The highest BCUT2D eigenvalue weighted by atomic mass is 32.2. The van der Waals surface area contributed by atoms with Gasteiger partial charge in [-0.05, 0) is 44.6 Å². The third kappa shape index (κ3) is 2.95. The molecule has 3 rings (SSSR count). The van der Waals surface area contributed by atoms with Gasteiger partial charge in [0.25, 0.3) is 5.91 Å². The molecule has 0 saturated carbocycles. The number of carbonyl (C=O) groups excluding carboxylic acids is 1. The van der Waals surface area contributed by atoms with E-state index in [9.17, 15) is 4.79 Å². The Hall–Kier alpha value is -1.24. The molecule has 0 bridgehead atoms. The molecule has 1 aromatic rings. The van der Waals surface area contributed by atoms with E-state index in [1.165, 1.54) is 22.3 Å². The van der Waals surface area contributed by atoms with E-state index in [0.29, 0.717) is 10.9 Å². The van der Waals surface area contributed by atoms with Gasteiger partial charge in [-0.3, -0.25) is 9.69 Å². The van der Waals surface area contributed by atoms with E-state index in [2.05, 4.69) is 42.2 Å². The Bertz CT molecular complexity index is 739. The van der Waals surface area contributed by atoms with Crippen molar-refractivity contribution >= 4 is 51.7 Å². The van der Waals surface area contributed by atoms with Gasteiger partial charge in [0.05, 0.1) is 15.6 Å². The van der Waals surface area contributed by atoms with Crippen molar-refractivity contribution in [2.75, 3.05) is 18.0 Å². The SMILES string of the molecule is CCN1C(=O)/C(=C(C)\C=C2/Sc3ccccc3N2CC)SC1=S. The number of likely N-dealkylation sites (N-methyl/N-ethyl adjacent to an activating group) is 1. The number of fused-ring (bicyclic) bond motifs is 1. The molecule has 2 heterocycles. The zero-order valence-corrected chi connectivity index (χ0v) is 15.8. The molecule has 1 amide bonds. The zero-order valence-electron chi connectivity index (χ0n) is 13.3. The molecule has 0 aromatic heterocycles. The van der Waals surface area contributed by atoms with Crippen molar-refractivity contribution in [3.8, 4) is 0 Å². The second kappa shape index (κ2) is 6.71. The average molecular weight is 363 g/mol. The Morgan fingerprint density at radius 1 is 1.17 bits per heavy atom. The predicted octanol–water partition coefficient (Wildman–Crippen LogP) is 4.61. The van der Waals surface area contributed by atoms with E-state index in [-0.39, 0.29) is 5.91 Å². The van der Waals surface area contributed by atoms with Crippen LogP contribution in [0.25, 0.3) is 0 Å². The monoisotopic (exact) mass is 362 g/mol. The number of amides is 1. The first kappa shape index (κ1) is 16.6. The molecule has 3 nitrogen and oxygen atoms in total. The number of thioether (sulfide) groups is 2. The molecule has 0 spiro atoms. The van der Waals surface area contributed by atoms with Crippen molar-refractivity contribution < 1.29 is 4.79 Å². The van der Waals surface area contributed by atoms with Gasteiger partial charge in [-0.25, -0.2) is 0 Å². The highest BCUT2D eigenvalue weighted by molar-refractivity contribution is 8.26. The quantitative estimate of drug-likeness (QED) is 0.577. The first-order chi connectivity index (χ1) is 11.1. The van der Waals surface area contributed by atoms with Crippen LogP contribution in [0.4, 0.5) is 5.69 Å². The molecule has 120 valence electrons. The summed E-state index contributed by atoms with van der Waals surface area (Å²) in [5, 5.41) is 1.16. The lowest BCUT2D eigenvalue weighted by Crippen LogP contribution is -2.27. The number of nitrogens with zero attached hydrogens (tertiary/aromatic N) is 2. The maximum absolute atomic E-state index is 12.4. The number of carbonyl (C=O) groups is 1. The third-order valence-electron chi connectivity index (χ3n) is 3.82. The van der Waals surface area contributed by atoms with Crippen LogP contribution in [0.3, 0.4) is 0 Å². The van der Waals surface area contributed by atoms with E-state index in [1.54, 1.807) is 16.7 Å². The van der Waals surface area contributed by atoms with E-state index in [0.717, 1.165) is 22.1 Å². The lowest BCUT2D eigenvalue weighted by atomic mass is 10.2. The number of para-hydroxylation sites is 1. The predicted molar refractivity (Wildman–Crippen MR) is 104 cm³/mol. The van der Waals surface area contributed by atoms with Crippen molar-refractivity contribution in [1.29, 1.82) is 0 Å². The normalized spacial score (nSPS) is 21.4. The molecular formula is C17H18N2OS3. The van der Waals surface area contributed by atoms with Crippen LogP contribution < -0.4 is 4.90 Å². The van der Waals surface area contributed by atoms with Crippen LogP contribution in [-0.2, 0) is 4.79 Å². The maximum Gasteiger partial charge on any atom is 0.266 e. The van der Waals surface area contributed by atoms with Gasteiger partial charge in [-0.2, -0.15) is 0 Å². The van der Waals surface area contributed by atoms with E-state index >= 15 is 0 Å². The van der Waals surface area contributed by atoms with Crippen molar-refractivity contribution in [3.63, 3.8) is 0 Å². The van der Waals surface area contributed by atoms with Gasteiger partial charge in [0.1, 0.15) is 4.32 Å². The van der Waals surface area contributed by atoms with Crippen molar-refractivity contribution in [2.24, 2.45) is 0 Å². The number of allylic oxidation sites excluding steroid dienone is 2. The molecule has 1 saturated heterocycles. The highest BCUT2D eigenvalue weighted by Crippen LogP contribution is 2.46. The standard InChI is InChI=1S/C17H18N2OS3/c1-4-18-12-8-6-7-9-13(12)22-14(18)10-11(3)15-16(20)19(5-2)17(21)23-15/h6-10H,4-5H2,1-3H3/b14-10-,15-11+. The first-order valence-electron chi connectivity index (χ1n) is 7.57. The van der Waals surface area contributed by atoms with Gasteiger partial charge in [-0.1, -0.05) is 47.9 Å². The van der Waals surface area contributed by atoms with Gasteiger partial charge in [0.15, 0.2) is 0 Å². The summed E-state index contributed by atoms with van der Waals surface area (Å²) >= 11 is 8.45. The van der Waals surface area contributed by atoms with Gasteiger partial charge in [-0.15, -0.1) is 0 Å². The Morgan fingerprint density at radius 3 is 2.52 bits per heavy atom. The average Bonchev–Trinajstić information content (AvgIpc) is 3.03. The fraction of sp³-hybridized carbons (Fsp3) is 0.294. The Kier molecular flexibility index (Phi) is 4.85. The summed E-state index contributed by atoms with van der Waals surface area (Å²) in [5.74, 6) is 0.0282. The van der Waals surface area contributed by atoms with Crippen LogP contribution in [-0.4, -0.2) is 28.2 Å². The minimum atomic E-state index is 0.0282. The Balaban J connectivity index is 1.95. The number of anilines is 1. The lowest BCUT2D eigenvalue weighted by molar-refractivity contribution is -0.122. The van der Waals surface area contributed by atoms with Crippen molar-refractivity contribution in [1.82, 2.24) is 4.90 Å². The largest absolute Gasteiger partial charge is 0.335 e. The molecular weight excluding hydrogens is 344 g/mol. The number of thiocarbonyl (C=S) groups is 1. The van der Waals surface area contributed by atoms with Gasteiger partial charge < -0.3 is 4.90 Å². The molecule has 0 N–H and O–H groups in total. The van der Waals surface area contributed by atoms with E-state index in [1.807, 2.05) is 13.8 Å². The zero-order chi connectivity index (χ0) is 16.6. The lowest BCUT2D eigenvalue weighted by Gasteiger charge is -2.18. The summed E-state index contributed by atoms with van der Waals surface area (Å²) in [7, 11) is 0. The summed E-state index contributed by atoms with van der Waals surface area (Å²) in [6, 6.07) is 8.39. The highest BCUT2D eigenvalue weighted by Gasteiger charge is 2.32. The molecule has 6 heteroatoms. The van der Waals surface area contributed by atoms with Crippen LogP contribution >= 0.6 is 35.7 Å². The summed E-state index contributed by atoms with van der Waals surface area (Å²) in [5.41, 5.74) is 2.22. The minimum Gasteiger partial charge on any atom is -0.335 e. The van der Waals surface area contributed by atoms with Crippen molar-refractivity contribution in [2.45, 2.75) is 25.7 Å². The third-order valence-corrected chi connectivity index (χ3v) is 6.49. The van der Waals surface area contributed by atoms with Crippen LogP contribution in [0.1, 0.15) is 20.8 Å². The number of hydrogen-bond donors (Lipinski definition) is 0. The van der Waals surface area contributed by atoms with Crippen molar-refractivity contribution in [3.05, 3.63) is 45.8 Å². The summed E-state index contributed by atoms with van der Waals surface area (Å²) in [4.78, 5) is 18.4. The van der Waals surface area contributed by atoms with E-state index in [4.69, 9.17) is 12.2 Å². The fourth-order valence-electron chi connectivity index (χ4n) is 2.65. The summed E-state index contributed by atoms with van der Waals surface area (Å²) < 4.78 is 0.653. The van der Waals surface area contributed by atoms with Gasteiger partial charge >= 0.3 is 0 Å². The number of benzene rings is 1. The topological polar surface area (TPSA) is 23.6 Å². The maximum atomic E-state index is 12.4. The number of hydrogen-bond acceptors (Lipinski definition) is 5. The second-order valence-corrected chi connectivity index (χ2v) is 7.93. The molecule has 2 aliphatic heterocycles. The fourth-order valence-corrected chi connectivity index (χ4v) is 5.25. The Labute approximate surface area is 150 Å². The van der Waals surface area contributed by atoms with E-state index < -0.39 is 0 Å². The molecule has 0 aliphatic carbocycles. The Morgan fingerprint density at radius 2 is 1.87 bits per heavy atom. The molecule has 1 fully saturated rings. The van der Waals surface area contributed by atoms with Crippen LogP contribution in [0.5, 0.6) is 0 Å². The molecule has 0 unspecified atom stereocenters. The molecule has 0 radical (unpaired) electrons. The summed E-state index contributed by atoms with van der Waals surface area (Å²) in [6.07, 6.45) is 2.11. The minimum absolute atomic E-state index is 0.0282. The molecule has 0 atom stereocenters. The van der Waals surface area contributed by atoms with Gasteiger partial charge in [0.2, 0.25) is 0 Å².